The van der Waals surface area contributed by atoms with Crippen molar-refractivity contribution >= 4 is 17.8 Å². The van der Waals surface area contributed by atoms with Crippen LogP contribution in [0.15, 0.2) is 0 Å². The first kappa shape index (κ1) is 10.4. The molecule has 6 nitrogen and oxygen atoms in total. The average molecular weight is 174 g/mol. The molecule has 0 unspecified atom stereocenters. The number of hydrogen-bond acceptors (Lipinski definition) is 3. The van der Waals surface area contributed by atoms with E-state index in [1.165, 1.54) is 6.92 Å². The summed E-state index contributed by atoms with van der Waals surface area (Å²) in [7, 11) is 0. The summed E-state index contributed by atoms with van der Waals surface area (Å²) in [5, 5.41) is 10.4. The molecule has 6 heteroatoms. The van der Waals surface area contributed by atoms with Crippen LogP contribution in [0.2, 0.25) is 0 Å². The Morgan fingerprint density at radius 3 is 2.25 bits per heavy atom. The molecule has 0 aromatic rings. The highest BCUT2D eigenvalue weighted by Crippen LogP contribution is 1.90. The van der Waals surface area contributed by atoms with E-state index in [-0.39, 0.29) is 0 Å². The summed E-state index contributed by atoms with van der Waals surface area (Å²) in [6.07, 6.45) is -0.491. The third-order valence-corrected chi connectivity index (χ3v) is 1.10. The summed E-state index contributed by atoms with van der Waals surface area (Å²) < 4.78 is 0. The number of hydrogen-bond donors (Lipinski definition) is 3. The second-order valence-corrected chi connectivity index (χ2v) is 2.25. The largest absolute Gasteiger partial charge is 0.481 e. The molecule has 4 N–H and O–H groups in total. The highest BCUT2D eigenvalue weighted by molar-refractivity contribution is 5.88. The molecule has 0 aromatic carbocycles. The van der Waals surface area contributed by atoms with Crippen molar-refractivity contribution in [3.63, 3.8) is 0 Å². The van der Waals surface area contributed by atoms with Crippen LogP contribution in [0.25, 0.3) is 0 Å². The van der Waals surface area contributed by atoms with Crippen molar-refractivity contribution in [3.8, 4) is 0 Å². The van der Waals surface area contributed by atoms with Crippen molar-refractivity contribution in [2.45, 2.75) is 19.4 Å². The van der Waals surface area contributed by atoms with Gasteiger partial charge in [-0.15, -0.1) is 0 Å². The van der Waals surface area contributed by atoms with Crippen molar-refractivity contribution < 1.29 is 19.5 Å². The number of amides is 2. The fourth-order valence-corrected chi connectivity index (χ4v) is 0.643. The second kappa shape index (κ2) is 4.32. The molecule has 0 heterocycles. The number of nitrogens with two attached hydrogens (primary N) is 1. The van der Waals surface area contributed by atoms with E-state index in [9.17, 15) is 14.4 Å². The Kier molecular flexibility index (Phi) is 3.75. The van der Waals surface area contributed by atoms with Crippen molar-refractivity contribution in [2.24, 2.45) is 5.73 Å². The van der Waals surface area contributed by atoms with E-state index in [1.807, 2.05) is 0 Å². The van der Waals surface area contributed by atoms with Gasteiger partial charge in [-0.05, 0) is 0 Å². The molecule has 0 saturated carbocycles. The fourth-order valence-electron chi connectivity index (χ4n) is 0.643. The lowest BCUT2D eigenvalue weighted by Crippen LogP contribution is -2.44. The second-order valence-electron chi connectivity index (χ2n) is 2.25. The third-order valence-electron chi connectivity index (χ3n) is 1.10. The van der Waals surface area contributed by atoms with E-state index in [1.54, 1.807) is 0 Å². The number of carbonyl (C=O) groups excluding carboxylic acids is 2. The molecule has 0 saturated heterocycles. The zero-order chi connectivity index (χ0) is 9.72. The van der Waals surface area contributed by atoms with Gasteiger partial charge in [-0.1, -0.05) is 0 Å². The first-order valence-electron chi connectivity index (χ1n) is 3.21. The zero-order valence-corrected chi connectivity index (χ0v) is 6.53. The predicted molar refractivity (Wildman–Crippen MR) is 39.1 cm³/mol. The van der Waals surface area contributed by atoms with Crippen LogP contribution >= 0.6 is 0 Å². The van der Waals surface area contributed by atoms with Gasteiger partial charge in [-0.2, -0.15) is 0 Å². The number of aliphatic carboxylic acids is 1. The topological polar surface area (TPSA) is 109 Å². The maximum atomic E-state index is 10.5. The van der Waals surface area contributed by atoms with Gasteiger partial charge in [-0.25, -0.2) is 0 Å². The molecule has 0 aliphatic carbocycles. The number of rotatable bonds is 4. The molecular weight excluding hydrogens is 164 g/mol. The number of nitrogens with one attached hydrogen (secondary N) is 1. The molecule has 0 aliphatic heterocycles. The smallest absolute Gasteiger partial charge is 0.305 e. The summed E-state index contributed by atoms with van der Waals surface area (Å²) in [5.74, 6) is -2.53. The lowest BCUT2D eigenvalue weighted by Gasteiger charge is -2.10. The molecule has 1 atom stereocenters. The summed E-state index contributed by atoms with van der Waals surface area (Å²) in [6.45, 7) is 1.18. The molecule has 0 bridgehead atoms. The summed E-state index contributed by atoms with van der Waals surface area (Å²) >= 11 is 0. The molecule has 12 heavy (non-hydrogen) atoms. The fraction of sp³-hybridized carbons (Fsp3) is 0.500. The van der Waals surface area contributed by atoms with Gasteiger partial charge < -0.3 is 16.2 Å². The van der Waals surface area contributed by atoms with Crippen LogP contribution < -0.4 is 11.1 Å². The number of carboxylic acids is 1. The van der Waals surface area contributed by atoms with Gasteiger partial charge in [0.25, 0.3) is 0 Å². The first-order chi connectivity index (χ1) is 5.43. The minimum atomic E-state index is -1.19. The molecule has 68 valence electrons. The minimum Gasteiger partial charge on any atom is -0.481 e. The number of carbonyl (C=O) groups is 3. The van der Waals surface area contributed by atoms with Crippen LogP contribution in [-0.4, -0.2) is 28.9 Å². The molecule has 0 fully saturated rings. The lowest BCUT2D eigenvalue weighted by atomic mass is 10.2. The highest BCUT2D eigenvalue weighted by atomic mass is 16.4. The molecule has 0 rings (SSSR count). The monoisotopic (exact) mass is 174 g/mol. The standard InChI is InChI=1S/C6H10N2O4/c1-3(9)8-4(6(7)12)2-5(10)11/h4H,2H2,1H3,(H2,7,12)(H,8,9)(H,10,11)/t4-/m1/s1. The maximum Gasteiger partial charge on any atom is 0.305 e. The summed E-state index contributed by atoms with van der Waals surface area (Å²) in [4.78, 5) is 31.1. The summed E-state index contributed by atoms with van der Waals surface area (Å²) in [5.41, 5.74) is 4.82. The Labute approximate surface area is 68.7 Å². The number of primary amides is 1. The van der Waals surface area contributed by atoms with Crippen LogP contribution in [0.1, 0.15) is 13.3 Å². The van der Waals surface area contributed by atoms with Gasteiger partial charge in [0.15, 0.2) is 0 Å². The van der Waals surface area contributed by atoms with Gasteiger partial charge in [0.1, 0.15) is 6.04 Å². The van der Waals surface area contributed by atoms with Crippen LogP contribution in [0.4, 0.5) is 0 Å². The maximum absolute atomic E-state index is 10.5. The highest BCUT2D eigenvalue weighted by Gasteiger charge is 2.19. The molecule has 0 aromatic heterocycles. The van der Waals surface area contributed by atoms with E-state index in [0.29, 0.717) is 0 Å². The molecule has 0 radical (unpaired) electrons. The number of carboxylic acid groups (broad SMARTS) is 1. The van der Waals surface area contributed by atoms with E-state index < -0.39 is 30.2 Å². The molecule has 2 amide bonds. The Bertz CT molecular complexity index is 198. The Morgan fingerprint density at radius 1 is 1.50 bits per heavy atom. The lowest BCUT2D eigenvalue weighted by molar-refractivity contribution is -0.140. The van der Waals surface area contributed by atoms with E-state index >= 15 is 0 Å². The van der Waals surface area contributed by atoms with Crippen LogP contribution in [0.5, 0.6) is 0 Å². The first-order valence-corrected chi connectivity index (χ1v) is 3.21. The quantitative estimate of drug-likeness (QED) is 0.479. The van der Waals surface area contributed by atoms with Crippen molar-refractivity contribution in [2.75, 3.05) is 0 Å². The predicted octanol–water partition coefficient (Wildman–Crippen LogP) is -1.55. The van der Waals surface area contributed by atoms with Crippen LogP contribution in [0.3, 0.4) is 0 Å². The van der Waals surface area contributed by atoms with Crippen LogP contribution in [0, 0.1) is 0 Å². The Morgan fingerprint density at radius 2 is 2.00 bits per heavy atom. The van der Waals surface area contributed by atoms with Crippen LogP contribution in [-0.2, 0) is 14.4 Å². The Hall–Kier alpha value is -1.59. The van der Waals surface area contributed by atoms with Gasteiger partial charge in [0, 0.05) is 6.92 Å². The SMILES string of the molecule is CC(=O)N[C@H](CC(=O)O)C(N)=O. The van der Waals surface area contributed by atoms with Crippen molar-refractivity contribution in [3.05, 3.63) is 0 Å². The van der Waals surface area contributed by atoms with Gasteiger partial charge >= 0.3 is 5.97 Å². The van der Waals surface area contributed by atoms with Gasteiger partial charge in [0.2, 0.25) is 11.8 Å². The normalized spacial score (nSPS) is 11.8. The third kappa shape index (κ3) is 4.26. The van der Waals surface area contributed by atoms with E-state index in [0.717, 1.165) is 0 Å². The molecule has 0 aliphatic rings. The molecular formula is C6H10N2O4. The van der Waals surface area contributed by atoms with E-state index in [4.69, 9.17) is 10.8 Å². The average Bonchev–Trinajstić information content (AvgIpc) is 1.83. The van der Waals surface area contributed by atoms with Gasteiger partial charge in [0.05, 0.1) is 6.42 Å². The summed E-state index contributed by atoms with van der Waals surface area (Å²) in [6, 6.07) is -1.13. The molecule has 0 spiro atoms. The Balaban J connectivity index is 4.14. The minimum absolute atomic E-state index is 0.486. The zero-order valence-electron chi connectivity index (χ0n) is 6.53. The van der Waals surface area contributed by atoms with Crippen molar-refractivity contribution in [1.29, 1.82) is 0 Å². The van der Waals surface area contributed by atoms with Gasteiger partial charge in [-0.3, -0.25) is 14.4 Å². The van der Waals surface area contributed by atoms with E-state index in [2.05, 4.69) is 5.32 Å². The van der Waals surface area contributed by atoms with Crippen molar-refractivity contribution in [1.82, 2.24) is 5.32 Å².